The third kappa shape index (κ3) is 3.48. The molecule has 2 aromatic heterocycles. The molecule has 0 aliphatic carbocycles. The molecule has 11 heteroatoms. The highest BCUT2D eigenvalue weighted by Crippen LogP contribution is 2.32. The van der Waals surface area contributed by atoms with Crippen molar-refractivity contribution in [2.45, 2.75) is 4.90 Å². The van der Waals surface area contributed by atoms with Gasteiger partial charge in [-0.3, -0.25) is 4.72 Å². The smallest absolute Gasteiger partial charge is 0.323 e. The number of sulfonamides is 1. The maximum absolute atomic E-state index is 12.8. The molecule has 0 spiro atoms. The molecule has 4 aromatic rings. The number of nitrogens with zero attached hydrogens (tertiary/aromatic N) is 2. The summed E-state index contributed by atoms with van der Waals surface area (Å²) in [5, 5.41) is 0.908. The van der Waals surface area contributed by atoms with Crippen LogP contribution in [0.25, 0.3) is 21.3 Å². The number of nitrogens with one attached hydrogen (secondary N) is 3. The highest BCUT2D eigenvalue weighted by atomic mass is 32.2. The van der Waals surface area contributed by atoms with Gasteiger partial charge in [0.25, 0.3) is 10.0 Å². The molecule has 1 fully saturated rings. The molecule has 0 radical (unpaired) electrons. The van der Waals surface area contributed by atoms with Crippen LogP contribution in [0, 0.1) is 0 Å². The van der Waals surface area contributed by atoms with Gasteiger partial charge in [-0.25, -0.2) is 18.2 Å². The summed E-state index contributed by atoms with van der Waals surface area (Å²) < 4.78 is 34.5. The average Bonchev–Trinajstić information content (AvgIpc) is 3.29. The molecule has 2 aromatic carbocycles. The summed E-state index contributed by atoms with van der Waals surface area (Å²) in [6, 6.07) is 9.72. The van der Waals surface area contributed by atoms with E-state index in [0.717, 1.165) is 28.4 Å². The fourth-order valence-electron chi connectivity index (χ4n) is 3.26. The first-order valence-electron chi connectivity index (χ1n) is 8.96. The van der Waals surface area contributed by atoms with Gasteiger partial charge in [0, 0.05) is 13.1 Å². The minimum Gasteiger partial charge on any atom is -0.378 e. The number of thiazole rings is 1. The maximum atomic E-state index is 12.8. The highest BCUT2D eigenvalue weighted by Gasteiger charge is 2.18. The van der Waals surface area contributed by atoms with Crippen molar-refractivity contribution in [1.29, 1.82) is 0 Å². The lowest BCUT2D eigenvalue weighted by atomic mass is 10.3. The topological polar surface area (TPSA) is 120 Å². The second-order valence-electron chi connectivity index (χ2n) is 6.67. The van der Waals surface area contributed by atoms with Gasteiger partial charge in [-0.05, 0) is 36.4 Å². The monoisotopic (exact) mass is 431 g/mol. The Kier molecular flexibility index (Phi) is 4.30. The molecule has 150 valence electrons. The third-order valence-corrected chi connectivity index (χ3v) is 7.17. The van der Waals surface area contributed by atoms with Gasteiger partial charge in [0.05, 0.1) is 45.0 Å². The van der Waals surface area contributed by atoms with E-state index in [4.69, 9.17) is 4.74 Å². The van der Waals surface area contributed by atoms with Gasteiger partial charge in [-0.15, -0.1) is 0 Å². The summed E-state index contributed by atoms with van der Waals surface area (Å²) in [5.74, 6) is 0. The first-order valence-corrected chi connectivity index (χ1v) is 11.3. The Morgan fingerprint density at radius 3 is 2.69 bits per heavy atom. The van der Waals surface area contributed by atoms with Crippen LogP contribution in [-0.4, -0.2) is 49.7 Å². The van der Waals surface area contributed by atoms with Crippen LogP contribution in [-0.2, 0) is 14.8 Å². The zero-order chi connectivity index (χ0) is 20.0. The molecule has 1 aliphatic rings. The first-order chi connectivity index (χ1) is 14.0. The molecule has 0 unspecified atom stereocenters. The summed E-state index contributed by atoms with van der Waals surface area (Å²) in [6.07, 6.45) is 0. The van der Waals surface area contributed by atoms with Crippen LogP contribution in [0.1, 0.15) is 0 Å². The largest absolute Gasteiger partial charge is 0.378 e. The van der Waals surface area contributed by atoms with Crippen molar-refractivity contribution in [2.75, 3.05) is 35.9 Å². The Hall–Kier alpha value is -2.89. The standard InChI is InChI=1S/C18H17N5O4S2/c24-17-19-13-4-2-12(10-15(13)20-17)29(25,26)22-11-1-3-14-16(9-11)28-18(21-14)23-5-7-27-8-6-23/h1-4,9-10,22H,5-8H2,(H2,19,20,24). The lowest BCUT2D eigenvalue weighted by Gasteiger charge is -2.25. The summed E-state index contributed by atoms with van der Waals surface area (Å²) in [5.41, 5.74) is 1.89. The molecule has 0 saturated carbocycles. The van der Waals surface area contributed by atoms with Gasteiger partial charge in [-0.1, -0.05) is 11.3 Å². The molecule has 0 atom stereocenters. The lowest BCUT2D eigenvalue weighted by Crippen LogP contribution is -2.36. The van der Waals surface area contributed by atoms with E-state index in [1.54, 1.807) is 24.3 Å². The second kappa shape index (κ2) is 6.87. The number of anilines is 2. The predicted octanol–water partition coefficient (Wildman–Crippen LogP) is 2.10. The fraction of sp³-hybridized carbons (Fsp3) is 0.222. The molecule has 0 amide bonds. The molecule has 3 heterocycles. The number of morpholine rings is 1. The van der Waals surface area contributed by atoms with Crippen molar-refractivity contribution in [3.63, 3.8) is 0 Å². The van der Waals surface area contributed by atoms with Crippen molar-refractivity contribution in [1.82, 2.24) is 15.0 Å². The van der Waals surface area contributed by atoms with E-state index in [1.807, 2.05) is 0 Å². The molecule has 1 aliphatic heterocycles. The summed E-state index contributed by atoms with van der Waals surface area (Å²) >= 11 is 1.52. The van der Waals surface area contributed by atoms with E-state index in [0.29, 0.717) is 29.9 Å². The number of H-pyrrole nitrogens is 2. The van der Waals surface area contributed by atoms with Crippen molar-refractivity contribution in [3.8, 4) is 0 Å². The number of benzene rings is 2. The Morgan fingerprint density at radius 1 is 1.07 bits per heavy atom. The van der Waals surface area contributed by atoms with Crippen LogP contribution < -0.4 is 15.3 Å². The van der Waals surface area contributed by atoms with Crippen LogP contribution in [0.2, 0.25) is 0 Å². The molecule has 3 N–H and O–H groups in total. The van der Waals surface area contributed by atoms with Crippen LogP contribution in [0.5, 0.6) is 0 Å². The zero-order valence-electron chi connectivity index (χ0n) is 15.1. The fourth-order valence-corrected chi connectivity index (χ4v) is 5.39. The number of fused-ring (bicyclic) bond motifs is 2. The minimum atomic E-state index is -3.81. The molecular weight excluding hydrogens is 414 g/mol. The van der Waals surface area contributed by atoms with Crippen molar-refractivity contribution < 1.29 is 13.2 Å². The normalized spacial score (nSPS) is 15.2. The van der Waals surface area contributed by atoms with E-state index in [2.05, 4.69) is 24.6 Å². The first kappa shape index (κ1) is 18.2. The van der Waals surface area contributed by atoms with Gasteiger partial charge in [0.1, 0.15) is 0 Å². The molecule has 1 saturated heterocycles. The summed E-state index contributed by atoms with van der Waals surface area (Å²) in [4.78, 5) is 23.4. The van der Waals surface area contributed by atoms with Gasteiger partial charge in [-0.2, -0.15) is 0 Å². The number of imidazole rings is 1. The Balaban J connectivity index is 1.44. The number of hydrogen-bond acceptors (Lipinski definition) is 7. The van der Waals surface area contributed by atoms with Crippen LogP contribution in [0.3, 0.4) is 0 Å². The molecule has 5 rings (SSSR count). The SMILES string of the molecule is O=c1[nH]c2ccc(S(=O)(=O)Nc3ccc4nc(N5CCOCC5)sc4c3)cc2[nH]1. The number of aromatic amines is 2. The van der Waals surface area contributed by atoms with E-state index in [-0.39, 0.29) is 10.6 Å². The number of rotatable bonds is 4. The predicted molar refractivity (Wildman–Crippen MR) is 112 cm³/mol. The van der Waals surface area contributed by atoms with E-state index in [9.17, 15) is 13.2 Å². The number of hydrogen-bond donors (Lipinski definition) is 3. The highest BCUT2D eigenvalue weighted by molar-refractivity contribution is 7.92. The van der Waals surface area contributed by atoms with Crippen molar-refractivity contribution >= 4 is 53.4 Å². The molecule has 9 nitrogen and oxygen atoms in total. The van der Waals surface area contributed by atoms with Gasteiger partial charge >= 0.3 is 5.69 Å². The quantitative estimate of drug-likeness (QED) is 0.455. The van der Waals surface area contributed by atoms with Crippen LogP contribution in [0.4, 0.5) is 10.8 Å². The average molecular weight is 431 g/mol. The third-order valence-electron chi connectivity index (χ3n) is 4.71. The van der Waals surface area contributed by atoms with E-state index >= 15 is 0 Å². The van der Waals surface area contributed by atoms with E-state index < -0.39 is 10.0 Å². The van der Waals surface area contributed by atoms with Gasteiger partial charge in [0.15, 0.2) is 5.13 Å². The summed E-state index contributed by atoms with van der Waals surface area (Å²) in [7, 11) is -3.81. The van der Waals surface area contributed by atoms with Crippen LogP contribution in [0.15, 0.2) is 46.1 Å². The Bertz CT molecular complexity index is 1370. The van der Waals surface area contributed by atoms with Crippen molar-refractivity contribution in [3.05, 3.63) is 46.9 Å². The molecular formula is C18H17N5O4S2. The van der Waals surface area contributed by atoms with Gasteiger partial charge in [0.2, 0.25) is 0 Å². The molecule has 0 bridgehead atoms. The van der Waals surface area contributed by atoms with E-state index in [1.165, 1.54) is 23.5 Å². The Morgan fingerprint density at radius 2 is 1.86 bits per heavy atom. The maximum Gasteiger partial charge on any atom is 0.323 e. The minimum absolute atomic E-state index is 0.0682. The number of ether oxygens (including phenoxy) is 1. The second-order valence-corrected chi connectivity index (χ2v) is 9.36. The summed E-state index contributed by atoms with van der Waals surface area (Å²) in [6.45, 7) is 2.95. The molecule has 29 heavy (non-hydrogen) atoms. The van der Waals surface area contributed by atoms with Gasteiger partial charge < -0.3 is 19.6 Å². The van der Waals surface area contributed by atoms with Crippen molar-refractivity contribution in [2.24, 2.45) is 0 Å². The lowest BCUT2D eigenvalue weighted by molar-refractivity contribution is 0.122. The van der Waals surface area contributed by atoms with Crippen LogP contribution >= 0.6 is 11.3 Å². The number of aromatic nitrogens is 3. The zero-order valence-corrected chi connectivity index (χ0v) is 16.8. The Labute approximate surface area is 169 Å².